The lowest BCUT2D eigenvalue weighted by molar-refractivity contribution is -0.137. The molecule has 0 spiro atoms. The van der Waals surface area contributed by atoms with E-state index in [1.807, 2.05) is 18.2 Å². The van der Waals surface area contributed by atoms with Crippen LogP contribution in [0.25, 0.3) is 0 Å². The molecule has 1 aromatic carbocycles. The Balaban J connectivity index is 1.50. The lowest BCUT2D eigenvalue weighted by atomic mass is 10.0. The largest absolute Gasteiger partial charge is 0.355 e. The number of piperidine rings is 1. The fourth-order valence-corrected chi connectivity index (χ4v) is 4.33. The monoisotopic (exact) mass is 413 g/mol. The highest BCUT2D eigenvalue weighted by Gasteiger charge is 2.40. The number of nitrogens with one attached hydrogen (secondary N) is 3. The molecule has 4 amide bonds. The lowest BCUT2D eigenvalue weighted by Gasteiger charge is -2.29. The average molecular weight is 413 g/mol. The maximum atomic E-state index is 13.2. The maximum absolute atomic E-state index is 13.2. The predicted molar refractivity (Wildman–Crippen MR) is 108 cm³/mol. The molecule has 2 saturated heterocycles. The van der Waals surface area contributed by atoms with Crippen LogP contribution in [0.2, 0.25) is 0 Å². The Kier molecular flexibility index (Phi) is 6.10. The van der Waals surface area contributed by atoms with E-state index in [1.54, 1.807) is 4.90 Å². The summed E-state index contributed by atoms with van der Waals surface area (Å²) in [6, 6.07) is 5.18. The van der Waals surface area contributed by atoms with Crippen LogP contribution in [0.4, 0.5) is 0 Å². The summed E-state index contributed by atoms with van der Waals surface area (Å²) in [7, 11) is 0. The Morgan fingerprint density at radius 2 is 1.83 bits per heavy atom. The number of nitrogens with zero attached hydrogens (tertiary/aromatic N) is 2. The van der Waals surface area contributed by atoms with E-state index >= 15 is 0 Å². The number of carbonyl (C=O) groups is 4. The molecule has 0 aromatic heterocycles. The molecule has 1 aromatic rings. The Labute approximate surface area is 175 Å². The molecule has 3 N–H and O–H groups in total. The van der Waals surface area contributed by atoms with Crippen molar-refractivity contribution < 1.29 is 19.2 Å². The third-order valence-corrected chi connectivity index (χ3v) is 5.92. The summed E-state index contributed by atoms with van der Waals surface area (Å²) >= 11 is 0. The molecule has 3 aliphatic rings. The molecule has 2 fully saturated rings. The highest BCUT2D eigenvalue weighted by atomic mass is 16.2. The second-order valence-electron chi connectivity index (χ2n) is 7.98. The Bertz CT molecular complexity index is 871. The summed E-state index contributed by atoms with van der Waals surface area (Å²) in [5, 5.41) is 8.53. The van der Waals surface area contributed by atoms with Crippen molar-refractivity contribution in [2.75, 3.05) is 32.7 Å². The van der Waals surface area contributed by atoms with Gasteiger partial charge in [0.25, 0.3) is 5.91 Å². The summed E-state index contributed by atoms with van der Waals surface area (Å²) in [6.07, 6.45) is 1.02. The van der Waals surface area contributed by atoms with E-state index in [0.29, 0.717) is 44.6 Å². The Morgan fingerprint density at radius 3 is 2.67 bits per heavy atom. The summed E-state index contributed by atoms with van der Waals surface area (Å²) in [6.45, 7) is 4.51. The Hall–Kier alpha value is -2.78. The zero-order chi connectivity index (χ0) is 21.1. The van der Waals surface area contributed by atoms with Gasteiger partial charge in [-0.25, -0.2) is 0 Å². The van der Waals surface area contributed by atoms with Gasteiger partial charge in [0.05, 0.1) is 0 Å². The van der Waals surface area contributed by atoms with Crippen molar-refractivity contribution in [1.29, 1.82) is 0 Å². The van der Waals surface area contributed by atoms with Gasteiger partial charge in [0.2, 0.25) is 17.7 Å². The second-order valence-corrected chi connectivity index (χ2v) is 7.98. The van der Waals surface area contributed by atoms with Crippen LogP contribution in [0.5, 0.6) is 0 Å². The van der Waals surface area contributed by atoms with Crippen LogP contribution in [0.3, 0.4) is 0 Å². The van der Waals surface area contributed by atoms with Gasteiger partial charge in [0.15, 0.2) is 0 Å². The van der Waals surface area contributed by atoms with Gasteiger partial charge in [-0.2, -0.15) is 0 Å². The minimum Gasteiger partial charge on any atom is -0.355 e. The summed E-state index contributed by atoms with van der Waals surface area (Å²) in [5.74, 6) is -0.821. The molecule has 0 radical (unpaired) electrons. The van der Waals surface area contributed by atoms with E-state index < -0.39 is 11.9 Å². The number of carbonyl (C=O) groups excluding carboxylic acids is 4. The van der Waals surface area contributed by atoms with Crippen molar-refractivity contribution in [3.8, 4) is 0 Å². The van der Waals surface area contributed by atoms with Gasteiger partial charge >= 0.3 is 0 Å². The zero-order valence-electron chi connectivity index (χ0n) is 16.9. The van der Waals surface area contributed by atoms with Crippen molar-refractivity contribution in [2.45, 2.75) is 38.4 Å². The number of amides is 4. The molecular weight excluding hydrogens is 386 g/mol. The van der Waals surface area contributed by atoms with Crippen molar-refractivity contribution in [3.63, 3.8) is 0 Å². The first-order valence-corrected chi connectivity index (χ1v) is 10.5. The molecule has 0 aliphatic carbocycles. The lowest BCUT2D eigenvalue weighted by Crippen LogP contribution is -2.52. The molecule has 1 unspecified atom stereocenters. The minimum atomic E-state index is -0.614. The summed E-state index contributed by atoms with van der Waals surface area (Å²) in [4.78, 5) is 52.6. The third kappa shape index (κ3) is 4.36. The van der Waals surface area contributed by atoms with E-state index in [9.17, 15) is 19.2 Å². The third-order valence-electron chi connectivity index (χ3n) is 5.92. The van der Waals surface area contributed by atoms with Gasteiger partial charge in [-0.05, 0) is 17.5 Å². The molecule has 30 heavy (non-hydrogen) atoms. The molecular formula is C21H27N5O4. The molecule has 0 saturated carbocycles. The zero-order valence-corrected chi connectivity index (χ0v) is 16.9. The number of imide groups is 1. The first kappa shape index (κ1) is 20.5. The molecule has 3 aliphatic heterocycles. The molecule has 160 valence electrons. The predicted octanol–water partition coefficient (Wildman–Crippen LogP) is -0.641. The minimum absolute atomic E-state index is 0.0297. The first-order chi connectivity index (χ1) is 14.5. The molecule has 4 rings (SSSR count). The first-order valence-electron chi connectivity index (χ1n) is 10.5. The van der Waals surface area contributed by atoms with Gasteiger partial charge in [-0.1, -0.05) is 18.2 Å². The van der Waals surface area contributed by atoms with Gasteiger partial charge < -0.3 is 15.5 Å². The van der Waals surface area contributed by atoms with Gasteiger partial charge in [-0.15, -0.1) is 0 Å². The van der Waals surface area contributed by atoms with Crippen LogP contribution >= 0.6 is 0 Å². The standard InChI is InChI=1S/C21H27N5O4/c27-17-6-10-25(11-9-22-7-8-23-17)12-14-2-1-3-15-13-26(21(30)19(14)15)16-4-5-18(28)24-20(16)29/h1-3,16,22H,4-13H2,(H,23,27)(H,24,28,29). The van der Waals surface area contributed by atoms with Gasteiger partial charge in [0, 0.05) is 64.2 Å². The fourth-order valence-electron chi connectivity index (χ4n) is 4.33. The molecule has 1 atom stereocenters. The number of hydrogen-bond donors (Lipinski definition) is 3. The summed E-state index contributed by atoms with van der Waals surface area (Å²) < 4.78 is 0. The maximum Gasteiger partial charge on any atom is 0.255 e. The second kappa shape index (κ2) is 8.93. The van der Waals surface area contributed by atoms with Crippen molar-refractivity contribution in [3.05, 3.63) is 34.9 Å². The highest BCUT2D eigenvalue weighted by molar-refractivity contribution is 6.06. The SMILES string of the molecule is O=C1CCN(Cc2cccc3c2C(=O)N(C2CCC(=O)NC2=O)C3)CCNCCN1. The fraction of sp³-hybridized carbons (Fsp3) is 0.524. The molecule has 3 heterocycles. The molecule has 0 bridgehead atoms. The van der Waals surface area contributed by atoms with Crippen LogP contribution in [0.15, 0.2) is 18.2 Å². The van der Waals surface area contributed by atoms with Crippen LogP contribution in [-0.4, -0.2) is 72.2 Å². The smallest absolute Gasteiger partial charge is 0.255 e. The van der Waals surface area contributed by atoms with Crippen molar-refractivity contribution in [2.24, 2.45) is 0 Å². The van der Waals surface area contributed by atoms with E-state index in [4.69, 9.17) is 0 Å². The quantitative estimate of drug-likeness (QED) is 0.569. The highest BCUT2D eigenvalue weighted by Crippen LogP contribution is 2.30. The van der Waals surface area contributed by atoms with E-state index in [1.165, 1.54) is 0 Å². The number of rotatable bonds is 3. The van der Waals surface area contributed by atoms with E-state index in [0.717, 1.165) is 30.8 Å². The normalized spacial score (nSPS) is 23.7. The van der Waals surface area contributed by atoms with Crippen LogP contribution in [0.1, 0.15) is 40.7 Å². The molecule has 9 nitrogen and oxygen atoms in total. The van der Waals surface area contributed by atoms with Crippen molar-refractivity contribution >= 4 is 23.6 Å². The number of hydrogen-bond acceptors (Lipinski definition) is 6. The van der Waals surface area contributed by atoms with E-state index in [2.05, 4.69) is 20.9 Å². The number of fused-ring (bicyclic) bond motifs is 1. The van der Waals surface area contributed by atoms with Crippen LogP contribution in [0, 0.1) is 0 Å². The van der Waals surface area contributed by atoms with Crippen molar-refractivity contribution in [1.82, 2.24) is 25.8 Å². The molecule has 9 heteroatoms. The van der Waals surface area contributed by atoms with Crippen LogP contribution < -0.4 is 16.0 Å². The summed E-state index contributed by atoms with van der Waals surface area (Å²) in [5.41, 5.74) is 2.46. The topological polar surface area (TPSA) is 111 Å². The average Bonchev–Trinajstić information content (AvgIpc) is 3.06. The van der Waals surface area contributed by atoms with Gasteiger partial charge in [-0.3, -0.25) is 29.4 Å². The van der Waals surface area contributed by atoms with E-state index in [-0.39, 0.29) is 24.1 Å². The van der Waals surface area contributed by atoms with Gasteiger partial charge in [0.1, 0.15) is 6.04 Å². The van der Waals surface area contributed by atoms with Crippen LogP contribution in [-0.2, 0) is 27.5 Å². The number of benzene rings is 1. The Morgan fingerprint density at radius 1 is 0.967 bits per heavy atom.